The first-order valence-corrected chi connectivity index (χ1v) is 13.1. The van der Waals surface area contributed by atoms with Crippen LogP contribution in [0.3, 0.4) is 0 Å². The van der Waals surface area contributed by atoms with E-state index in [0.717, 1.165) is 11.8 Å². The molecule has 4 aromatic rings. The van der Waals surface area contributed by atoms with Crippen LogP contribution in [0, 0.1) is 0 Å². The molecule has 2 aromatic heterocycles. The van der Waals surface area contributed by atoms with Gasteiger partial charge in [-0.2, -0.15) is 12.9 Å². The summed E-state index contributed by atoms with van der Waals surface area (Å²) in [6.07, 6.45) is -3.58. The van der Waals surface area contributed by atoms with Crippen LogP contribution in [0.2, 0.25) is 0 Å². The van der Waals surface area contributed by atoms with Gasteiger partial charge in [0.2, 0.25) is 5.95 Å². The molecule has 1 atom stereocenters. The first-order chi connectivity index (χ1) is 18.0. The van der Waals surface area contributed by atoms with Crippen LogP contribution in [-0.4, -0.2) is 60.9 Å². The molecule has 0 spiro atoms. The van der Waals surface area contributed by atoms with Gasteiger partial charge >= 0.3 is 6.29 Å². The molecule has 0 bridgehead atoms. The van der Waals surface area contributed by atoms with Crippen LogP contribution in [0.25, 0.3) is 16.6 Å². The Morgan fingerprint density at radius 1 is 1.13 bits per heavy atom. The lowest BCUT2D eigenvalue weighted by molar-refractivity contribution is -0.286. The van der Waals surface area contributed by atoms with Gasteiger partial charge in [0.1, 0.15) is 17.0 Å². The minimum atomic E-state index is -3.84. The standard InChI is InChI=1S/C23H23F2N5O7S/c1-12(37-38(4,31)32)9-18-27-21-15-7-8-16-20(36-23(24,25)35-16)19(15)28-22(30(21)29-18)26-11-13-5-6-14(33-2)10-17(13)34-3/h5-8,10,12H,9,11H2,1-4H3,(H,26,28). The number of anilines is 1. The highest BCUT2D eigenvalue weighted by Gasteiger charge is 2.45. The molecule has 0 saturated heterocycles. The van der Waals surface area contributed by atoms with Crippen molar-refractivity contribution in [3.05, 3.63) is 41.7 Å². The van der Waals surface area contributed by atoms with Crippen molar-refractivity contribution < 1.29 is 40.3 Å². The zero-order valence-corrected chi connectivity index (χ0v) is 21.5. The molecule has 5 rings (SSSR count). The normalized spacial score (nSPS) is 15.1. The molecule has 0 aliphatic carbocycles. The van der Waals surface area contributed by atoms with Crippen LogP contribution in [0.1, 0.15) is 18.3 Å². The summed E-state index contributed by atoms with van der Waals surface area (Å²) in [6.45, 7) is 1.78. The fourth-order valence-electron chi connectivity index (χ4n) is 4.08. The molecule has 1 aliphatic heterocycles. The first-order valence-electron chi connectivity index (χ1n) is 11.3. The Bertz CT molecular complexity index is 1640. The summed E-state index contributed by atoms with van der Waals surface area (Å²) in [7, 11) is -0.630. The molecule has 0 fully saturated rings. The number of ether oxygens (including phenoxy) is 4. The third-order valence-electron chi connectivity index (χ3n) is 5.60. The Morgan fingerprint density at radius 2 is 1.92 bits per heavy atom. The van der Waals surface area contributed by atoms with E-state index >= 15 is 0 Å². The first kappa shape index (κ1) is 25.7. The van der Waals surface area contributed by atoms with Gasteiger partial charge in [-0.25, -0.2) is 9.97 Å². The van der Waals surface area contributed by atoms with Gasteiger partial charge in [-0.3, -0.25) is 4.18 Å². The summed E-state index contributed by atoms with van der Waals surface area (Å²) in [6, 6.07) is 8.14. The van der Waals surface area contributed by atoms with Crippen molar-refractivity contribution in [1.82, 2.24) is 19.6 Å². The SMILES string of the molecule is COc1ccc(CNc2nc3c4c(ccc3c3nc(CC(C)OS(C)(=O)=O)nn23)OC(F)(F)O4)c(OC)c1. The Hall–Kier alpha value is -3.98. The highest BCUT2D eigenvalue weighted by Crippen LogP contribution is 2.45. The average Bonchev–Trinajstić information content (AvgIpc) is 3.40. The highest BCUT2D eigenvalue weighted by molar-refractivity contribution is 7.86. The minimum Gasteiger partial charge on any atom is -0.497 e. The van der Waals surface area contributed by atoms with Crippen LogP contribution in [0.15, 0.2) is 30.3 Å². The van der Waals surface area contributed by atoms with Crippen molar-refractivity contribution in [2.45, 2.75) is 32.3 Å². The van der Waals surface area contributed by atoms with Gasteiger partial charge in [0.15, 0.2) is 23.0 Å². The smallest absolute Gasteiger partial charge is 0.497 e. The quantitative estimate of drug-likeness (QED) is 0.307. The van der Waals surface area contributed by atoms with E-state index in [1.54, 1.807) is 32.2 Å². The summed E-state index contributed by atoms with van der Waals surface area (Å²) in [5.74, 6) is 1.17. The lowest BCUT2D eigenvalue weighted by Gasteiger charge is -2.13. The molecule has 12 nitrogen and oxygen atoms in total. The van der Waals surface area contributed by atoms with Crippen molar-refractivity contribution >= 4 is 32.6 Å². The van der Waals surface area contributed by atoms with Crippen LogP contribution < -0.4 is 24.3 Å². The monoisotopic (exact) mass is 551 g/mol. The molecule has 1 unspecified atom stereocenters. The van der Waals surface area contributed by atoms with E-state index in [1.807, 2.05) is 0 Å². The number of nitrogens with one attached hydrogen (secondary N) is 1. The fourth-order valence-corrected chi connectivity index (χ4v) is 4.75. The molecule has 38 heavy (non-hydrogen) atoms. The molecule has 15 heteroatoms. The third-order valence-corrected chi connectivity index (χ3v) is 6.27. The van der Waals surface area contributed by atoms with E-state index in [4.69, 9.17) is 18.4 Å². The van der Waals surface area contributed by atoms with Crippen molar-refractivity contribution in [3.63, 3.8) is 0 Å². The second kappa shape index (κ2) is 9.40. The Kier molecular flexibility index (Phi) is 6.35. The van der Waals surface area contributed by atoms with Gasteiger partial charge in [-0.1, -0.05) is 0 Å². The zero-order chi connectivity index (χ0) is 27.2. The lowest BCUT2D eigenvalue weighted by atomic mass is 10.2. The van der Waals surface area contributed by atoms with Crippen molar-refractivity contribution in [2.24, 2.45) is 0 Å². The third kappa shape index (κ3) is 5.06. The van der Waals surface area contributed by atoms with E-state index in [1.165, 1.54) is 23.8 Å². The largest absolute Gasteiger partial charge is 0.586 e. The van der Waals surface area contributed by atoms with Gasteiger partial charge in [0, 0.05) is 30.0 Å². The summed E-state index contributed by atoms with van der Waals surface area (Å²) in [4.78, 5) is 9.03. The number of methoxy groups -OCH3 is 2. The molecule has 202 valence electrons. The highest BCUT2D eigenvalue weighted by atomic mass is 32.2. The number of hydrogen-bond acceptors (Lipinski definition) is 11. The topological polar surface area (TPSA) is 135 Å². The second-order valence-electron chi connectivity index (χ2n) is 8.50. The van der Waals surface area contributed by atoms with E-state index < -0.39 is 22.5 Å². The predicted molar refractivity (Wildman–Crippen MR) is 130 cm³/mol. The van der Waals surface area contributed by atoms with Gasteiger partial charge in [-0.15, -0.1) is 13.9 Å². The number of benzene rings is 2. The Morgan fingerprint density at radius 3 is 2.63 bits per heavy atom. The van der Waals surface area contributed by atoms with Crippen LogP contribution in [0.5, 0.6) is 23.0 Å². The molecular formula is C23H23F2N5O7S. The van der Waals surface area contributed by atoms with Crippen LogP contribution >= 0.6 is 0 Å². The number of alkyl halides is 2. The summed E-state index contributed by atoms with van der Waals surface area (Å²) < 4.78 is 77.2. The van der Waals surface area contributed by atoms with Crippen molar-refractivity contribution in [2.75, 3.05) is 25.8 Å². The second-order valence-corrected chi connectivity index (χ2v) is 10.1. The van der Waals surface area contributed by atoms with Gasteiger partial charge in [0.05, 0.1) is 26.6 Å². The summed E-state index contributed by atoms with van der Waals surface area (Å²) >= 11 is 0. The molecule has 0 saturated carbocycles. The van der Waals surface area contributed by atoms with E-state index in [2.05, 4.69) is 25.1 Å². The van der Waals surface area contributed by atoms with Crippen molar-refractivity contribution in [1.29, 1.82) is 0 Å². The van der Waals surface area contributed by atoms with Gasteiger partial charge in [-0.05, 0) is 31.2 Å². The molecule has 1 aliphatic rings. The zero-order valence-electron chi connectivity index (χ0n) is 20.7. The Labute approximate surface area is 215 Å². The molecule has 3 heterocycles. The van der Waals surface area contributed by atoms with E-state index in [-0.39, 0.29) is 47.4 Å². The molecule has 0 radical (unpaired) electrons. The van der Waals surface area contributed by atoms with Crippen LogP contribution in [0.4, 0.5) is 14.7 Å². The summed E-state index contributed by atoms with van der Waals surface area (Å²) in [5, 5.41) is 7.98. The molecular weight excluding hydrogens is 528 g/mol. The molecule has 2 aromatic carbocycles. The van der Waals surface area contributed by atoms with E-state index in [0.29, 0.717) is 16.9 Å². The number of aromatic nitrogens is 4. The predicted octanol–water partition coefficient (Wildman–Crippen LogP) is 3.14. The fraction of sp³-hybridized carbons (Fsp3) is 0.348. The van der Waals surface area contributed by atoms with Crippen molar-refractivity contribution in [3.8, 4) is 23.0 Å². The van der Waals surface area contributed by atoms with E-state index in [9.17, 15) is 17.2 Å². The number of nitrogens with zero attached hydrogens (tertiary/aromatic N) is 4. The average molecular weight is 552 g/mol. The Balaban J connectivity index is 1.59. The molecule has 0 amide bonds. The maximum absolute atomic E-state index is 13.9. The molecule has 1 N–H and O–H groups in total. The van der Waals surface area contributed by atoms with Crippen LogP contribution in [-0.2, 0) is 27.3 Å². The number of hydrogen-bond donors (Lipinski definition) is 1. The maximum atomic E-state index is 13.9. The number of fused-ring (bicyclic) bond motifs is 5. The lowest BCUT2D eigenvalue weighted by Crippen LogP contribution is -2.26. The van der Waals surface area contributed by atoms with Gasteiger partial charge in [0.25, 0.3) is 10.1 Å². The minimum absolute atomic E-state index is 0.0601. The summed E-state index contributed by atoms with van der Waals surface area (Å²) in [5.41, 5.74) is 1.11. The maximum Gasteiger partial charge on any atom is 0.586 e. The van der Waals surface area contributed by atoms with Gasteiger partial charge < -0.3 is 24.3 Å². The number of halogens is 2. The number of rotatable bonds is 9.